The van der Waals surface area contributed by atoms with Gasteiger partial charge in [-0.25, -0.2) is 0 Å². The molecule has 1 aromatic carbocycles. The van der Waals surface area contributed by atoms with E-state index in [9.17, 15) is 9.59 Å². The topological polar surface area (TPSA) is 34.1 Å². The third-order valence-electron chi connectivity index (χ3n) is 4.58. The molecule has 0 spiro atoms. The van der Waals surface area contributed by atoms with E-state index in [1.54, 1.807) is 6.08 Å². The molecule has 2 nitrogen and oxygen atoms in total. The van der Waals surface area contributed by atoms with E-state index in [4.69, 9.17) is 0 Å². The minimum Gasteiger partial charge on any atom is -0.299 e. The number of ketones is 2. The van der Waals surface area contributed by atoms with E-state index in [0.717, 1.165) is 19.3 Å². The van der Waals surface area contributed by atoms with Crippen LogP contribution < -0.4 is 0 Å². The molecule has 0 unspecified atom stereocenters. The maximum atomic E-state index is 11.6. The third-order valence-corrected chi connectivity index (χ3v) is 4.58. The number of carbonyl (C=O) groups excluding carboxylic acids is 2. The molecule has 0 amide bonds. The van der Waals surface area contributed by atoms with Crippen LogP contribution in [0.5, 0.6) is 0 Å². The Kier molecular flexibility index (Phi) is 3.56. The first-order valence-electron chi connectivity index (χ1n) is 7.55. The van der Waals surface area contributed by atoms with Crippen LogP contribution in [-0.4, -0.2) is 11.6 Å². The molecule has 2 aliphatic carbocycles. The lowest BCUT2D eigenvalue weighted by Crippen LogP contribution is -2.17. The van der Waals surface area contributed by atoms with Gasteiger partial charge in [-0.05, 0) is 47.6 Å². The summed E-state index contributed by atoms with van der Waals surface area (Å²) >= 11 is 0. The third kappa shape index (κ3) is 2.35. The summed E-state index contributed by atoms with van der Waals surface area (Å²) in [6, 6.07) is 4.31. The Morgan fingerprint density at radius 1 is 1.15 bits per heavy atom. The zero-order valence-electron chi connectivity index (χ0n) is 11.9. The summed E-state index contributed by atoms with van der Waals surface area (Å²) in [5, 5.41) is 0. The van der Waals surface area contributed by atoms with Crippen molar-refractivity contribution in [3.8, 4) is 0 Å². The highest BCUT2D eigenvalue weighted by molar-refractivity contribution is 5.90. The van der Waals surface area contributed by atoms with Crippen molar-refractivity contribution in [1.82, 2.24) is 0 Å². The summed E-state index contributed by atoms with van der Waals surface area (Å²) in [6.45, 7) is 2.19. The summed E-state index contributed by atoms with van der Waals surface area (Å²) in [6.07, 6.45) is 8.53. The van der Waals surface area contributed by atoms with Crippen LogP contribution in [0.15, 0.2) is 24.3 Å². The van der Waals surface area contributed by atoms with E-state index in [1.165, 1.54) is 22.3 Å². The van der Waals surface area contributed by atoms with Gasteiger partial charge >= 0.3 is 0 Å². The molecule has 3 rings (SSSR count). The summed E-state index contributed by atoms with van der Waals surface area (Å²) in [5.41, 5.74) is 5.40. The Morgan fingerprint density at radius 3 is 2.70 bits per heavy atom. The van der Waals surface area contributed by atoms with Crippen LogP contribution in [0.1, 0.15) is 54.4 Å². The number of fused-ring (bicyclic) bond motifs is 1. The Morgan fingerprint density at radius 2 is 2.00 bits per heavy atom. The number of hydrogen-bond donors (Lipinski definition) is 0. The van der Waals surface area contributed by atoms with Crippen molar-refractivity contribution in [1.29, 1.82) is 0 Å². The van der Waals surface area contributed by atoms with Crippen LogP contribution in [0.3, 0.4) is 0 Å². The molecule has 1 aromatic rings. The van der Waals surface area contributed by atoms with E-state index < -0.39 is 0 Å². The first-order chi connectivity index (χ1) is 9.69. The smallest absolute Gasteiger partial charge is 0.155 e. The van der Waals surface area contributed by atoms with Crippen molar-refractivity contribution in [3.63, 3.8) is 0 Å². The molecule has 2 heteroatoms. The van der Waals surface area contributed by atoms with Crippen molar-refractivity contribution in [3.05, 3.63) is 46.5 Å². The van der Waals surface area contributed by atoms with Gasteiger partial charge in [0.25, 0.3) is 0 Å². The lowest BCUT2D eigenvalue weighted by Gasteiger charge is -2.25. The maximum absolute atomic E-state index is 11.6. The van der Waals surface area contributed by atoms with Crippen LogP contribution in [0.25, 0.3) is 0 Å². The van der Waals surface area contributed by atoms with Gasteiger partial charge in [0.15, 0.2) is 5.78 Å². The predicted molar refractivity (Wildman–Crippen MR) is 79.0 cm³/mol. The Bertz CT molecular complexity index is 596. The number of rotatable bonds is 2. The van der Waals surface area contributed by atoms with Crippen LogP contribution in [0.4, 0.5) is 0 Å². The lowest BCUT2D eigenvalue weighted by atomic mass is 9.79. The molecule has 0 bridgehead atoms. The zero-order valence-corrected chi connectivity index (χ0v) is 11.9. The average molecular weight is 268 g/mol. The highest BCUT2D eigenvalue weighted by Gasteiger charge is 2.23. The number of carbonyl (C=O) groups is 2. The maximum Gasteiger partial charge on any atom is 0.155 e. The van der Waals surface area contributed by atoms with Crippen molar-refractivity contribution >= 4 is 11.6 Å². The Hall–Kier alpha value is -1.70. The molecular weight excluding hydrogens is 248 g/mol. The van der Waals surface area contributed by atoms with Gasteiger partial charge in [0, 0.05) is 25.2 Å². The molecule has 20 heavy (non-hydrogen) atoms. The fourth-order valence-corrected chi connectivity index (χ4v) is 3.53. The molecule has 0 saturated heterocycles. The molecule has 0 saturated carbocycles. The van der Waals surface area contributed by atoms with Crippen molar-refractivity contribution in [2.75, 3.05) is 0 Å². The van der Waals surface area contributed by atoms with Gasteiger partial charge in [-0.1, -0.05) is 25.1 Å². The van der Waals surface area contributed by atoms with Gasteiger partial charge < -0.3 is 0 Å². The number of Topliss-reactive ketones (excluding diaryl/α,β-unsaturated/α-hetero) is 1. The summed E-state index contributed by atoms with van der Waals surface area (Å²) < 4.78 is 0. The second kappa shape index (κ2) is 5.35. The van der Waals surface area contributed by atoms with Crippen LogP contribution in [-0.2, 0) is 28.9 Å². The van der Waals surface area contributed by atoms with E-state index >= 15 is 0 Å². The van der Waals surface area contributed by atoms with Crippen molar-refractivity contribution in [2.45, 2.75) is 51.4 Å². The van der Waals surface area contributed by atoms with E-state index in [1.807, 2.05) is 0 Å². The van der Waals surface area contributed by atoms with Gasteiger partial charge in [0.05, 0.1) is 0 Å². The second-order valence-electron chi connectivity index (χ2n) is 5.81. The quantitative estimate of drug-likeness (QED) is 0.824. The molecule has 2 aliphatic rings. The summed E-state index contributed by atoms with van der Waals surface area (Å²) in [5.74, 6) is 0.962. The second-order valence-corrected chi connectivity index (χ2v) is 5.81. The van der Waals surface area contributed by atoms with Gasteiger partial charge in [-0.3, -0.25) is 9.59 Å². The SMILES string of the molecule is CCc1c([C@H]2C=CC(=O)CC2)ccc2c1CCC(=O)C2. The van der Waals surface area contributed by atoms with Gasteiger partial charge in [-0.2, -0.15) is 0 Å². The fourth-order valence-electron chi connectivity index (χ4n) is 3.53. The molecule has 0 fully saturated rings. The van der Waals surface area contributed by atoms with Gasteiger partial charge in [0.1, 0.15) is 5.78 Å². The molecule has 0 N–H and O–H groups in total. The first-order valence-corrected chi connectivity index (χ1v) is 7.55. The van der Waals surface area contributed by atoms with Crippen LogP contribution in [0, 0.1) is 0 Å². The molecule has 0 aliphatic heterocycles. The fraction of sp³-hybridized carbons (Fsp3) is 0.444. The van der Waals surface area contributed by atoms with Gasteiger partial charge in [-0.15, -0.1) is 0 Å². The number of allylic oxidation sites excluding steroid dienone is 2. The standard InChI is InChI=1S/C18H20O2/c1-2-16-17(12-3-6-14(19)7-4-12)9-5-13-11-15(20)8-10-18(13)16/h3,5-6,9,12H,2,4,7-8,10-11H2,1H3/t12-/m0/s1. The molecule has 0 radical (unpaired) electrons. The normalized spacial score (nSPS) is 21.9. The van der Waals surface area contributed by atoms with Gasteiger partial charge in [0.2, 0.25) is 0 Å². The monoisotopic (exact) mass is 268 g/mol. The average Bonchev–Trinajstić information content (AvgIpc) is 2.46. The molecular formula is C18H20O2. The highest BCUT2D eigenvalue weighted by Crippen LogP contribution is 2.34. The lowest BCUT2D eigenvalue weighted by molar-refractivity contribution is -0.118. The van der Waals surface area contributed by atoms with Crippen molar-refractivity contribution < 1.29 is 9.59 Å². The Labute approximate surface area is 119 Å². The predicted octanol–water partition coefficient (Wildman–Crippen LogP) is 3.31. The van der Waals surface area contributed by atoms with E-state index in [0.29, 0.717) is 31.0 Å². The summed E-state index contributed by atoms with van der Waals surface area (Å²) in [7, 11) is 0. The number of benzene rings is 1. The minimum absolute atomic E-state index is 0.239. The molecule has 1 atom stereocenters. The van der Waals surface area contributed by atoms with Crippen LogP contribution >= 0.6 is 0 Å². The zero-order chi connectivity index (χ0) is 14.1. The number of hydrogen-bond acceptors (Lipinski definition) is 2. The van der Waals surface area contributed by atoms with E-state index in [-0.39, 0.29) is 5.78 Å². The highest BCUT2D eigenvalue weighted by atomic mass is 16.1. The molecule has 104 valence electrons. The van der Waals surface area contributed by atoms with Crippen LogP contribution in [0.2, 0.25) is 0 Å². The molecule has 0 heterocycles. The van der Waals surface area contributed by atoms with E-state index in [2.05, 4.69) is 25.1 Å². The summed E-state index contributed by atoms with van der Waals surface area (Å²) in [4.78, 5) is 22.9. The largest absolute Gasteiger partial charge is 0.299 e. The minimum atomic E-state index is 0.239. The van der Waals surface area contributed by atoms with Crippen molar-refractivity contribution in [2.24, 2.45) is 0 Å². The Balaban J connectivity index is 2.02. The molecule has 0 aromatic heterocycles. The first kappa shape index (κ1) is 13.3.